The van der Waals surface area contributed by atoms with Gasteiger partial charge in [-0.3, -0.25) is 4.68 Å². The highest BCUT2D eigenvalue weighted by Crippen LogP contribution is 2.30. The van der Waals surface area contributed by atoms with Gasteiger partial charge >= 0.3 is 0 Å². The Kier molecular flexibility index (Phi) is 3.54. The molecule has 0 fully saturated rings. The lowest BCUT2D eigenvalue weighted by molar-refractivity contribution is 0.603. The molecule has 0 bridgehead atoms. The summed E-state index contributed by atoms with van der Waals surface area (Å²) in [5.41, 5.74) is 7.11. The van der Waals surface area contributed by atoms with Crippen LogP contribution in [0.5, 0.6) is 0 Å². The second-order valence-corrected chi connectivity index (χ2v) is 4.49. The molecule has 0 atom stereocenters. The van der Waals surface area contributed by atoms with Crippen molar-refractivity contribution in [2.24, 2.45) is 0 Å². The van der Waals surface area contributed by atoms with E-state index >= 15 is 0 Å². The fourth-order valence-electron chi connectivity index (χ4n) is 1.52. The van der Waals surface area contributed by atoms with Crippen LogP contribution < -0.4 is 5.73 Å². The lowest BCUT2D eigenvalue weighted by atomic mass is 10.2. The molecule has 2 aromatic rings. The molecule has 0 saturated carbocycles. The number of anilines is 1. The Bertz CT molecular complexity index is 536. The van der Waals surface area contributed by atoms with Gasteiger partial charge in [0.05, 0.1) is 21.9 Å². The first-order chi connectivity index (χ1) is 8.11. The number of nitrogens with two attached hydrogens (primary N) is 1. The van der Waals surface area contributed by atoms with Crippen LogP contribution in [0.2, 0.25) is 10.0 Å². The molecule has 2 aromatic heterocycles. The number of nitrogens with zero attached hydrogens (tertiary/aromatic N) is 3. The topological polar surface area (TPSA) is 56.7 Å². The normalized spacial score (nSPS) is 10.8. The van der Waals surface area contributed by atoms with Crippen LogP contribution in [0.15, 0.2) is 18.5 Å². The van der Waals surface area contributed by atoms with E-state index in [0.29, 0.717) is 15.7 Å². The van der Waals surface area contributed by atoms with Gasteiger partial charge in [-0.25, -0.2) is 4.98 Å². The standard InChI is InChI=1S/C11H12Cl2N4/c1-2-3-17-6-7(5-15-17)10-8(12)4-9(13)11(14)16-10/h4-6H,2-3H2,1H3,(H2,14,16). The van der Waals surface area contributed by atoms with Gasteiger partial charge in [0, 0.05) is 18.3 Å². The molecule has 0 aliphatic heterocycles. The van der Waals surface area contributed by atoms with Gasteiger partial charge in [0.2, 0.25) is 0 Å². The first-order valence-electron chi connectivity index (χ1n) is 5.26. The summed E-state index contributed by atoms with van der Waals surface area (Å²) in [5.74, 6) is 0.273. The van der Waals surface area contributed by atoms with E-state index in [9.17, 15) is 0 Å². The van der Waals surface area contributed by atoms with Crippen LogP contribution in [0.1, 0.15) is 13.3 Å². The summed E-state index contributed by atoms with van der Waals surface area (Å²) < 4.78 is 1.85. The Hall–Kier alpha value is -1.26. The van der Waals surface area contributed by atoms with Gasteiger partial charge in [-0.05, 0) is 12.5 Å². The highest BCUT2D eigenvalue weighted by molar-refractivity contribution is 6.37. The molecule has 0 unspecified atom stereocenters. The van der Waals surface area contributed by atoms with Gasteiger partial charge in [0.15, 0.2) is 0 Å². The first kappa shape index (κ1) is 12.2. The quantitative estimate of drug-likeness (QED) is 0.932. The minimum atomic E-state index is 0.273. The molecule has 2 heterocycles. The highest BCUT2D eigenvalue weighted by Gasteiger charge is 2.11. The maximum absolute atomic E-state index is 6.08. The molecule has 90 valence electrons. The predicted molar refractivity (Wildman–Crippen MR) is 70.2 cm³/mol. The predicted octanol–water partition coefficient (Wildman–Crippen LogP) is 3.24. The number of hydrogen-bond donors (Lipinski definition) is 1. The van der Waals surface area contributed by atoms with Crippen molar-refractivity contribution >= 4 is 29.0 Å². The number of aryl methyl sites for hydroxylation is 1. The molecule has 4 nitrogen and oxygen atoms in total. The van der Waals surface area contributed by atoms with Crippen LogP contribution in [0, 0.1) is 0 Å². The Morgan fingerprint density at radius 2 is 2.12 bits per heavy atom. The summed E-state index contributed by atoms with van der Waals surface area (Å²) in [6.45, 7) is 2.95. The summed E-state index contributed by atoms with van der Waals surface area (Å²) in [7, 11) is 0. The average molecular weight is 271 g/mol. The molecule has 0 amide bonds. The van der Waals surface area contributed by atoms with Crippen molar-refractivity contribution in [2.45, 2.75) is 19.9 Å². The molecular formula is C11H12Cl2N4. The van der Waals surface area contributed by atoms with Crippen LogP contribution in [0.25, 0.3) is 11.3 Å². The van der Waals surface area contributed by atoms with E-state index in [4.69, 9.17) is 28.9 Å². The van der Waals surface area contributed by atoms with Crippen LogP contribution in [0.4, 0.5) is 5.82 Å². The van der Waals surface area contributed by atoms with Crippen molar-refractivity contribution in [3.63, 3.8) is 0 Å². The Balaban J connectivity index is 2.41. The monoisotopic (exact) mass is 270 g/mol. The maximum atomic E-state index is 6.08. The van der Waals surface area contributed by atoms with Gasteiger partial charge in [-0.2, -0.15) is 5.10 Å². The highest BCUT2D eigenvalue weighted by atomic mass is 35.5. The van der Waals surface area contributed by atoms with Crippen molar-refractivity contribution < 1.29 is 0 Å². The van der Waals surface area contributed by atoms with Crippen LogP contribution in [-0.2, 0) is 6.54 Å². The molecule has 2 rings (SSSR count). The molecule has 0 spiro atoms. The molecule has 0 aliphatic rings. The Morgan fingerprint density at radius 3 is 2.82 bits per heavy atom. The number of nitrogen functional groups attached to an aromatic ring is 1. The second kappa shape index (κ2) is 4.94. The zero-order chi connectivity index (χ0) is 12.4. The summed E-state index contributed by atoms with van der Waals surface area (Å²) >= 11 is 11.9. The molecule has 0 aliphatic carbocycles. The zero-order valence-electron chi connectivity index (χ0n) is 9.32. The largest absolute Gasteiger partial charge is 0.382 e. The Morgan fingerprint density at radius 1 is 1.35 bits per heavy atom. The number of rotatable bonds is 3. The lowest BCUT2D eigenvalue weighted by Gasteiger charge is -2.03. The Labute approximate surface area is 109 Å². The van der Waals surface area contributed by atoms with Gasteiger partial charge in [-0.1, -0.05) is 30.1 Å². The smallest absolute Gasteiger partial charge is 0.143 e. The van der Waals surface area contributed by atoms with Crippen molar-refractivity contribution in [3.05, 3.63) is 28.5 Å². The van der Waals surface area contributed by atoms with E-state index < -0.39 is 0 Å². The second-order valence-electron chi connectivity index (χ2n) is 3.68. The van der Waals surface area contributed by atoms with Crippen molar-refractivity contribution in [1.82, 2.24) is 14.8 Å². The summed E-state index contributed by atoms with van der Waals surface area (Å²) in [6.07, 6.45) is 4.63. The van der Waals surface area contributed by atoms with Crippen LogP contribution >= 0.6 is 23.2 Å². The van der Waals surface area contributed by atoms with Crippen LogP contribution in [0.3, 0.4) is 0 Å². The number of hydrogen-bond acceptors (Lipinski definition) is 3. The number of pyridine rings is 1. The summed E-state index contributed by atoms with van der Waals surface area (Å²) in [6, 6.07) is 1.60. The van der Waals surface area contributed by atoms with E-state index in [-0.39, 0.29) is 5.82 Å². The number of halogens is 2. The van der Waals surface area contributed by atoms with E-state index in [1.54, 1.807) is 12.3 Å². The summed E-state index contributed by atoms with van der Waals surface area (Å²) in [4.78, 5) is 4.18. The van der Waals surface area contributed by atoms with Gasteiger partial charge in [-0.15, -0.1) is 0 Å². The first-order valence-corrected chi connectivity index (χ1v) is 6.01. The molecule has 2 N–H and O–H groups in total. The molecule has 0 saturated heterocycles. The maximum Gasteiger partial charge on any atom is 0.143 e. The van der Waals surface area contributed by atoms with Gasteiger partial charge < -0.3 is 5.73 Å². The third-order valence-corrected chi connectivity index (χ3v) is 2.91. The number of aromatic nitrogens is 3. The minimum absolute atomic E-state index is 0.273. The molecule has 6 heteroatoms. The fraction of sp³-hybridized carbons (Fsp3) is 0.273. The minimum Gasteiger partial charge on any atom is -0.382 e. The summed E-state index contributed by atoms with van der Waals surface area (Å²) in [5, 5.41) is 5.05. The van der Waals surface area contributed by atoms with Crippen molar-refractivity contribution in [1.29, 1.82) is 0 Å². The van der Waals surface area contributed by atoms with Gasteiger partial charge in [0.25, 0.3) is 0 Å². The molecule has 0 aromatic carbocycles. The fourth-order valence-corrected chi connectivity index (χ4v) is 1.99. The molecular weight excluding hydrogens is 259 g/mol. The van der Waals surface area contributed by atoms with Crippen molar-refractivity contribution in [2.75, 3.05) is 5.73 Å². The third kappa shape index (κ3) is 2.53. The van der Waals surface area contributed by atoms with E-state index in [1.807, 2.05) is 10.9 Å². The third-order valence-electron chi connectivity index (χ3n) is 2.32. The zero-order valence-corrected chi connectivity index (χ0v) is 10.8. The van der Waals surface area contributed by atoms with Crippen LogP contribution in [-0.4, -0.2) is 14.8 Å². The van der Waals surface area contributed by atoms with E-state index in [2.05, 4.69) is 17.0 Å². The molecule has 0 radical (unpaired) electrons. The van der Waals surface area contributed by atoms with Gasteiger partial charge in [0.1, 0.15) is 5.82 Å². The lowest BCUT2D eigenvalue weighted by Crippen LogP contribution is -1.96. The SMILES string of the molecule is CCCn1cc(-c2nc(N)c(Cl)cc2Cl)cn1. The molecule has 17 heavy (non-hydrogen) atoms. The van der Waals surface area contributed by atoms with E-state index in [0.717, 1.165) is 18.5 Å². The van der Waals surface area contributed by atoms with Crippen molar-refractivity contribution in [3.8, 4) is 11.3 Å². The van der Waals surface area contributed by atoms with E-state index in [1.165, 1.54) is 0 Å². The average Bonchev–Trinajstić information content (AvgIpc) is 2.72.